The van der Waals surface area contributed by atoms with E-state index in [4.69, 9.17) is 9.47 Å². The molecule has 7 nitrogen and oxygen atoms in total. The zero-order chi connectivity index (χ0) is 28.8. The van der Waals surface area contributed by atoms with Crippen molar-refractivity contribution in [1.82, 2.24) is 10.6 Å². The number of methoxy groups -OCH3 is 1. The Morgan fingerprint density at radius 2 is 2.02 bits per heavy atom. The first kappa shape index (κ1) is 29.4. The van der Waals surface area contributed by atoms with Crippen molar-refractivity contribution in [1.29, 1.82) is 5.26 Å². The van der Waals surface area contributed by atoms with Crippen molar-refractivity contribution in [2.45, 2.75) is 65.0 Å². The average Bonchev–Trinajstić information content (AvgIpc) is 2.94. The number of nitrogens with zero attached hydrogens (tertiary/aromatic N) is 1. The fraction of sp³-hybridized carbons (Fsp3) is 0.406. The molecule has 2 aromatic carbocycles. The summed E-state index contributed by atoms with van der Waals surface area (Å²) in [7, 11) is 1.61. The van der Waals surface area contributed by atoms with Crippen LogP contribution in [0.1, 0.15) is 73.9 Å². The van der Waals surface area contributed by atoms with Crippen LogP contribution in [0.25, 0.3) is 0 Å². The molecular formula is C32H36BrN3O4. The summed E-state index contributed by atoms with van der Waals surface area (Å²) in [5.41, 5.74) is 4.48. The second kappa shape index (κ2) is 13.2. The number of ether oxygens (including phenoxy) is 2. The molecule has 2 N–H and O–H groups in total. The summed E-state index contributed by atoms with van der Waals surface area (Å²) >= 11 is 3.65. The number of carbonyl (C=O) groups excluding carboxylic acids is 2. The second-order valence-corrected chi connectivity index (χ2v) is 11.2. The van der Waals surface area contributed by atoms with Crippen LogP contribution in [0.5, 0.6) is 11.5 Å². The Balaban J connectivity index is 1.80. The highest BCUT2D eigenvalue weighted by atomic mass is 79.9. The monoisotopic (exact) mass is 605 g/mol. The molecule has 0 aromatic heterocycles. The number of Topliss-reactive ketones (excluding diaryl/α,β-unsaturated/α-hetero) is 1. The number of rotatable bonds is 10. The zero-order valence-electron chi connectivity index (χ0n) is 23.5. The molecule has 2 aromatic rings. The van der Waals surface area contributed by atoms with Gasteiger partial charge in [-0.2, -0.15) is 5.26 Å². The molecule has 0 saturated heterocycles. The number of halogens is 1. The van der Waals surface area contributed by atoms with Crippen molar-refractivity contribution in [3.63, 3.8) is 0 Å². The van der Waals surface area contributed by atoms with Gasteiger partial charge in [-0.1, -0.05) is 38.0 Å². The Labute approximate surface area is 244 Å². The Morgan fingerprint density at radius 1 is 1.23 bits per heavy atom. The minimum absolute atomic E-state index is 0.0251. The number of ketones is 1. The normalized spacial score (nSPS) is 20.1. The van der Waals surface area contributed by atoms with Crippen LogP contribution in [0.15, 0.2) is 63.8 Å². The van der Waals surface area contributed by atoms with Crippen molar-refractivity contribution in [2.75, 3.05) is 13.7 Å². The lowest BCUT2D eigenvalue weighted by atomic mass is 9.70. The van der Waals surface area contributed by atoms with Gasteiger partial charge in [0.25, 0.3) is 5.91 Å². The Hall–Kier alpha value is -3.57. The number of benzene rings is 2. The van der Waals surface area contributed by atoms with Crippen molar-refractivity contribution < 1.29 is 19.1 Å². The van der Waals surface area contributed by atoms with Gasteiger partial charge in [0.1, 0.15) is 18.1 Å². The van der Waals surface area contributed by atoms with E-state index in [-0.39, 0.29) is 24.3 Å². The average molecular weight is 607 g/mol. The van der Waals surface area contributed by atoms with E-state index in [9.17, 15) is 14.9 Å². The van der Waals surface area contributed by atoms with Crippen LogP contribution in [-0.2, 0) is 11.4 Å². The van der Waals surface area contributed by atoms with Crippen molar-refractivity contribution in [3.05, 3.63) is 80.5 Å². The summed E-state index contributed by atoms with van der Waals surface area (Å²) in [6.07, 6.45) is 5.03. The molecule has 0 fully saturated rings. The van der Waals surface area contributed by atoms with E-state index < -0.39 is 11.8 Å². The van der Waals surface area contributed by atoms with Crippen LogP contribution in [0.2, 0.25) is 0 Å². The summed E-state index contributed by atoms with van der Waals surface area (Å²) in [4.78, 5) is 26.9. The maximum absolute atomic E-state index is 13.5. The molecule has 0 bridgehead atoms. The topological polar surface area (TPSA) is 100 Å². The Morgan fingerprint density at radius 3 is 2.73 bits per heavy atom. The molecule has 210 valence electrons. The minimum Gasteiger partial charge on any atom is -0.497 e. The molecular weight excluding hydrogens is 570 g/mol. The summed E-state index contributed by atoms with van der Waals surface area (Å²) in [6, 6.07) is 13.5. The summed E-state index contributed by atoms with van der Waals surface area (Å²) in [5.74, 6) is -0.0938. The second-order valence-electron chi connectivity index (χ2n) is 10.3. The van der Waals surface area contributed by atoms with Crippen LogP contribution < -0.4 is 20.1 Å². The van der Waals surface area contributed by atoms with Gasteiger partial charge in [0.15, 0.2) is 5.78 Å². The number of nitriles is 1. The van der Waals surface area contributed by atoms with Crippen LogP contribution >= 0.6 is 15.9 Å². The molecule has 0 saturated carbocycles. The predicted molar refractivity (Wildman–Crippen MR) is 158 cm³/mol. The first-order valence-corrected chi connectivity index (χ1v) is 14.6. The number of carbonyl (C=O) groups is 2. The van der Waals surface area contributed by atoms with Gasteiger partial charge in [-0.05, 0) is 77.2 Å². The molecule has 1 aliphatic carbocycles. The molecule has 1 aliphatic heterocycles. The highest BCUT2D eigenvalue weighted by Crippen LogP contribution is 2.45. The highest BCUT2D eigenvalue weighted by Gasteiger charge is 2.41. The lowest BCUT2D eigenvalue weighted by Gasteiger charge is -2.38. The molecule has 3 atom stereocenters. The third-order valence-corrected chi connectivity index (χ3v) is 7.95. The van der Waals surface area contributed by atoms with Crippen LogP contribution in [-0.4, -0.2) is 31.4 Å². The quantitative estimate of drug-likeness (QED) is 0.327. The number of amides is 1. The molecule has 2 aliphatic rings. The third-order valence-electron chi connectivity index (χ3n) is 7.36. The standard InChI is InChI=1S/C32H36BrN3O4/c1-5-8-20-13-27-30(28(37)14-20)29(25(17-34)19(3)36-27)22-15-24(32(38)35-11-6-2)31(26(33)16-22)40-18-21-9-7-10-23(12-21)39-4/h7,9-10,12-13,15-16,19,25,29,36H,5-6,8,11,14,18H2,1-4H3,(H,35,38). The maximum Gasteiger partial charge on any atom is 0.255 e. The highest BCUT2D eigenvalue weighted by molar-refractivity contribution is 9.10. The number of hydrogen-bond donors (Lipinski definition) is 2. The Bertz CT molecular complexity index is 1390. The van der Waals surface area contributed by atoms with E-state index in [1.165, 1.54) is 0 Å². The molecule has 8 heteroatoms. The van der Waals surface area contributed by atoms with Gasteiger partial charge < -0.3 is 20.1 Å². The van der Waals surface area contributed by atoms with Crippen LogP contribution in [0.3, 0.4) is 0 Å². The van der Waals surface area contributed by atoms with Crippen molar-refractivity contribution in [3.8, 4) is 17.6 Å². The number of hydrogen-bond acceptors (Lipinski definition) is 6. The lowest BCUT2D eigenvalue weighted by molar-refractivity contribution is -0.115. The largest absolute Gasteiger partial charge is 0.497 e. The molecule has 0 spiro atoms. The first-order valence-electron chi connectivity index (χ1n) is 13.8. The molecule has 3 unspecified atom stereocenters. The summed E-state index contributed by atoms with van der Waals surface area (Å²) in [6.45, 7) is 6.80. The van der Waals surface area contributed by atoms with E-state index >= 15 is 0 Å². The zero-order valence-corrected chi connectivity index (χ0v) is 25.1. The fourth-order valence-electron chi connectivity index (χ4n) is 5.45. The first-order chi connectivity index (χ1) is 19.3. The van der Waals surface area contributed by atoms with Gasteiger partial charge in [0.05, 0.1) is 29.1 Å². The molecule has 1 heterocycles. The molecule has 4 rings (SSSR count). The molecule has 40 heavy (non-hydrogen) atoms. The Kier molecular flexibility index (Phi) is 9.70. The van der Waals surface area contributed by atoms with Gasteiger partial charge in [-0.15, -0.1) is 0 Å². The summed E-state index contributed by atoms with van der Waals surface area (Å²) < 4.78 is 12.1. The smallest absolute Gasteiger partial charge is 0.255 e. The van der Waals surface area contributed by atoms with Gasteiger partial charge in [-0.25, -0.2) is 0 Å². The van der Waals surface area contributed by atoms with E-state index in [2.05, 4.69) is 45.6 Å². The predicted octanol–water partition coefficient (Wildman–Crippen LogP) is 6.34. The van der Waals surface area contributed by atoms with E-state index in [1.807, 2.05) is 44.2 Å². The van der Waals surface area contributed by atoms with Crippen molar-refractivity contribution >= 4 is 27.6 Å². The minimum atomic E-state index is -0.495. The van der Waals surface area contributed by atoms with Gasteiger partial charge in [-0.3, -0.25) is 9.59 Å². The van der Waals surface area contributed by atoms with Crippen molar-refractivity contribution in [2.24, 2.45) is 5.92 Å². The lowest BCUT2D eigenvalue weighted by Crippen LogP contribution is -2.44. The van der Waals surface area contributed by atoms with E-state index in [0.29, 0.717) is 34.3 Å². The number of nitrogens with one attached hydrogen (secondary N) is 2. The molecule has 1 amide bonds. The number of allylic oxidation sites excluding steroid dienone is 3. The third kappa shape index (κ3) is 6.26. The maximum atomic E-state index is 13.5. The SMILES string of the molecule is CCCNC(=O)c1cc(C2C3=C(C=C(CCC)CC3=O)NC(C)C2C#N)cc(Br)c1OCc1cccc(OC)c1. The summed E-state index contributed by atoms with van der Waals surface area (Å²) in [5, 5.41) is 16.6. The van der Waals surface area contributed by atoms with E-state index in [0.717, 1.165) is 47.4 Å². The van der Waals surface area contributed by atoms with Gasteiger partial charge in [0.2, 0.25) is 0 Å². The van der Waals surface area contributed by atoms with Crippen LogP contribution in [0, 0.1) is 17.2 Å². The van der Waals surface area contributed by atoms with Gasteiger partial charge in [0, 0.05) is 36.2 Å². The van der Waals surface area contributed by atoms with E-state index in [1.54, 1.807) is 13.2 Å². The van der Waals surface area contributed by atoms with Crippen LogP contribution in [0.4, 0.5) is 0 Å². The van der Waals surface area contributed by atoms with Gasteiger partial charge >= 0.3 is 0 Å². The fourth-order valence-corrected chi connectivity index (χ4v) is 6.04. The molecule has 0 radical (unpaired) electrons.